The molecule has 0 radical (unpaired) electrons. The number of nitrogens with one attached hydrogen (secondary N) is 1. The number of fused-ring (bicyclic) bond motifs is 1. The molecule has 1 heterocycles. The molecule has 1 saturated heterocycles. The van der Waals surface area contributed by atoms with Crippen LogP contribution in [-0.4, -0.2) is 31.6 Å². The van der Waals surface area contributed by atoms with Crippen LogP contribution in [0.15, 0.2) is 24.3 Å². The monoisotopic (exact) mass is 286 g/mol. The fraction of sp³-hybridized carbons (Fsp3) is 0.684. The zero-order chi connectivity index (χ0) is 14.9. The Bertz CT molecular complexity index is 472. The summed E-state index contributed by atoms with van der Waals surface area (Å²) in [6, 6.07) is 9.51. The van der Waals surface area contributed by atoms with Crippen LogP contribution < -0.4 is 5.32 Å². The molecule has 0 amide bonds. The maximum atomic E-state index is 3.87. The summed E-state index contributed by atoms with van der Waals surface area (Å²) in [6.07, 6.45) is 5.29. The smallest absolute Gasteiger partial charge is 0.0377 e. The minimum absolute atomic E-state index is 0.344. The van der Waals surface area contributed by atoms with E-state index in [-0.39, 0.29) is 0 Å². The van der Waals surface area contributed by atoms with E-state index in [9.17, 15) is 0 Å². The summed E-state index contributed by atoms with van der Waals surface area (Å²) in [5.74, 6) is 0.924. The second-order valence-corrected chi connectivity index (χ2v) is 7.79. The highest BCUT2D eigenvalue weighted by Crippen LogP contribution is 2.44. The number of hydrogen-bond acceptors (Lipinski definition) is 2. The van der Waals surface area contributed by atoms with Crippen molar-refractivity contribution in [3.63, 3.8) is 0 Å². The fourth-order valence-electron chi connectivity index (χ4n) is 4.16. The van der Waals surface area contributed by atoms with Crippen molar-refractivity contribution in [2.45, 2.75) is 45.6 Å². The van der Waals surface area contributed by atoms with E-state index >= 15 is 0 Å². The highest BCUT2D eigenvalue weighted by atomic mass is 15.1. The minimum Gasteiger partial charge on any atom is -0.309 e. The van der Waals surface area contributed by atoms with E-state index in [1.54, 1.807) is 5.56 Å². The predicted octanol–water partition coefficient (Wildman–Crippen LogP) is 3.63. The van der Waals surface area contributed by atoms with Crippen molar-refractivity contribution in [1.82, 2.24) is 10.2 Å². The Morgan fingerprint density at radius 3 is 2.67 bits per heavy atom. The SMILES string of the molecule is CN1CCC(CCNC2c3ccccc3CC2(C)C)CC1. The number of hydrogen-bond donors (Lipinski definition) is 1. The second kappa shape index (κ2) is 6.10. The largest absolute Gasteiger partial charge is 0.309 e. The van der Waals surface area contributed by atoms with Crippen LogP contribution in [0.2, 0.25) is 0 Å². The van der Waals surface area contributed by atoms with Crippen molar-refractivity contribution in [1.29, 1.82) is 0 Å². The van der Waals surface area contributed by atoms with Crippen molar-refractivity contribution in [2.24, 2.45) is 11.3 Å². The number of likely N-dealkylation sites (tertiary alicyclic amines) is 1. The lowest BCUT2D eigenvalue weighted by Gasteiger charge is -2.31. The molecule has 2 nitrogen and oxygen atoms in total. The van der Waals surface area contributed by atoms with Gasteiger partial charge in [0.15, 0.2) is 0 Å². The van der Waals surface area contributed by atoms with Gasteiger partial charge in [-0.3, -0.25) is 0 Å². The zero-order valence-corrected chi connectivity index (χ0v) is 13.9. The first kappa shape index (κ1) is 15.1. The van der Waals surface area contributed by atoms with Crippen LogP contribution in [0.3, 0.4) is 0 Å². The Hall–Kier alpha value is -0.860. The quantitative estimate of drug-likeness (QED) is 0.909. The van der Waals surface area contributed by atoms with E-state index in [2.05, 4.69) is 55.4 Å². The molecule has 0 bridgehead atoms. The summed E-state index contributed by atoms with van der Waals surface area (Å²) in [5, 5.41) is 3.87. The van der Waals surface area contributed by atoms with Crippen LogP contribution in [0, 0.1) is 11.3 Å². The molecular formula is C19H30N2. The zero-order valence-electron chi connectivity index (χ0n) is 13.9. The van der Waals surface area contributed by atoms with Crippen LogP contribution in [0.4, 0.5) is 0 Å². The second-order valence-electron chi connectivity index (χ2n) is 7.79. The summed E-state index contributed by atoms with van der Waals surface area (Å²) >= 11 is 0. The highest BCUT2D eigenvalue weighted by Gasteiger charge is 2.38. The molecule has 0 spiro atoms. The lowest BCUT2D eigenvalue weighted by Crippen LogP contribution is -2.34. The minimum atomic E-state index is 0.344. The summed E-state index contributed by atoms with van der Waals surface area (Å²) in [6.45, 7) is 8.53. The van der Waals surface area contributed by atoms with Gasteiger partial charge in [-0.25, -0.2) is 0 Å². The van der Waals surface area contributed by atoms with Gasteiger partial charge >= 0.3 is 0 Å². The first-order valence-corrected chi connectivity index (χ1v) is 8.56. The maximum Gasteiger partial charge on any atom is 0.0377 e. The third-order valence-corrected chi connectivity index (χ3v) is 5.53. The van der Waals surface area contributed by atoms with Crippen LogP contribution in [0.1, 0.15) is 50.3 Å². The molecule has 1 fully saturated rings. The van der Waals surface area contributed by atoms with Crippen molar-refractivity contribution in [2.75, 3.05) is 26.7 Å². The van der Waals surface area contributed by atoms with Gasteiger partial charge in [0.2, 0.25) is 0 Å². The Morgan fingerprint density at radius 1 is 1.19 bits per heavy atom. The molecule has 1 aromatic rings. The van der Waals surface area contributed by atoms with Crippen molar-refractivity contribution >= 4 is 0 Å². The molecule has 2 heteroatoms. The van der Waals surface area contributed by atoms with Crippen LogP contribution in [0.25, 0.3) is 0 Å². The number of rotatable bonds is 4. The third-order valence-electron chi connectivity index (χ3n) is 5.53. The van der Waals surface area contributed by atoms with E-state index in [4.69, 9.17) is 0 Å². The first-order valence-electron chi connectivity index (χ1n) is 8.56. The molecule has 1 aliphatic heterocycles. The molecule has 1 aliphatic carbocycles. The molecule has 0 aromatic heterocycles. The van der Waals surface area contributed by atoms with Gasteiger partial charge in [0.25, 0.3) is 0 Å². The third kappa shape index (κ3) is 3.32. The topological polar surface area (TPSA) is 15.3 Å². The number of benzene rings is 1. The van der Waals surface area contributed by atoms with E-state index in [1.165, 1.54) is 44.3 Å². The Kier molecular flexibility index (Phi) is 4.37. The fourth-order valence-corrected chi connectivity index (χ4v) is 4.16. The molecule has 1 N–H and O–H groups in total. The van der Waals surface area contributed by atoms with Crippen LogP contribution in [-0.2, 0) is 6.42 Å². The molecule has 1 atom stereocenters. The molecule has 3 rings (SSSR count). The molecule has 116 valence electrons. The normalized spacial score (nSPS) is 26.0. The molecule has 2 aliphatic rings. The van der Waals surface area contributed by atoms with Crippen LogP contribution >= 0.6 is 0 Å². The summed E-state index contributed by atoms with van der Waals surface area (Å²) in [7, 11) is 2.24. The molecule has 1 unspecified atom stereocenters. The number of piperidine rings is 1. The van der Waals surface area contributed by atoms with Gasteiger partial charge in [0.05, 0.1) is 0 Å². The van der Waals surface area contributed by atoms with Crippen molar-refractivity contribution < 1.29 is 0 Å². The Morgan fingerprint density at radius 2 is 1.90 bits per heavy atom. The van der Waals surface area contributed by atoms with Gasteiger partial charge in [-0.2, -0.15) is 0 Å². The number of nitrogens with zero attached hydrogens (tertiary/aromatic N) is 1. The predicted molar refractivity (Wildman–Crippen MR) is 89.5 cm³/mol. The van der Waals surface area contributed by atoms with Gasteiger partial charge in [-0.1, -0.05) is 38.1 Å². The maximum absolute atomic E-state index is 3.87. The molecule has 0 saturated carbocycles. The summed E-state index contributed by atoms with van der Waals surface area (Å²) in [4.78, 5) is 2.46. The average Bonchev–Trinajstić information content (AvgIpc) is 2.71. The molecule has 21 heavy (non-hydrogen) atoms. The van der Waals surface area contributed by atoms with E-state index in [0.29, 0.717) is 11.5 Å². The molecule has 1 aromatic carbocycles. The van der Waals surface area contributed by atoms with Gasteiger partial charge in [-0.05, 0) is 74.8 Å². The van der Waals surface area contributed by atoms with E-state index in [0.717, 1.165) is 12.5 Å². The summed E-state index contributed by atoms with van der Waals surface area (Å²) in [5.41, 5.74) is 3.42. The van der Waals surface area contributed by atoms with E-state index in [1.807, 2.05) is 0 Å². The van der Waals surface area contributed by atoms with Crippen LogP contribution in [0.5, 0.6) is 0 Å². The first-order chi connectivity index (χ1) is 10.1. The van der Waals surface area contributed by atoms with Crippen molar-refractivity contribution in [3.05, 3.63) is 35.4 Å². The molecular weight excluding hydrogens is 256 g/mol. The van der Waals surface area contributed by atoms with Gasteiger partial charge in [0.1, 0.15) is 0 Å². The van der Waals surface area contributed by atoms with Gasteiger partial charge in [0, 0.05) is 6.04 Å². The van der Waals surface area contributed by atoms with Gasteiger partial charge in [-0.15, -0.1) is 0 Å². The Labute approximate surface area is 129 Å². The average molecular weight is 286 g/mol. The lowest BCUT2D eigenvalue weighted by molar-refractivity contribution is 0.204. The van der Waals surface area contributed by atoms with Gasteiger partial charge < -0.3 is 10.2 Å². The standard InChI is InChI=1S/C19H30N2/c1-19(2)14-16-6-4-5-7-17(16)18(19)20-11-8-15-9-12-21(3)13-10-15/h4-7,15,18,20H,8-14H2,1-3H3. The van der Waals surface area contributed by atoms with Crippen molar-refractivity contribution in [3.8, 4) is 0 Å². The summed E-state index contributed by atoms with van der Waals surface area (Å²) < 4.78 is 0. The lowest BCUT2D eigenvalue weighted by atomic mass is 9.85. The van der Waals surface area contributed by atoms with E-state index < -0.39 is 0 Å². The highest BCUT2D eigenvalue weighted by molar-refractivity contribution is 5.37. The Balaban J connectivity index is 1.55.